The van der Waals surface area contributed by atoms with Gasteiger partial charge in [0, 0.05) is 19.5 Å². The van der Waals surface area contributed by atoms with E-state index in [1.807, 2.05) is 20.8 Å². The number of hydrogen-bond acceptors (Lipinski definition) is 5. The maximum Gasteiger partial charge on any atom is 0.407 e. The van der Waals surface area contributed by atoms with Gasteiger partial charge >= 0.3 is 6.09 Å². The highest BCUT2D eigenvalue weighted by atomic mass is 16.6. The molecule has 0 saturated carbocycles. The lowest BCUT2D eigenvalue weighted by atomic mass is 10.2. The number of amides is 2. The average molecular weight is 332 g/mol. The van der Waals surface area contributed by atoms with Crippen molar-refractivity contribution < 1.29 is 23.8 Å². The van der Waals surface area contributed by atoms with Gasteiger partial charge in [0.2, 0.25) is 5.91 Å². The zero-order valence-corrected chi connectivity index (χ0v) is 14.9. The Kier molecular flexibility index (Phi) is 12.4. The van der Waals surface area contributed by atoms with Gasteiger partial charge in [-0.1, -0.05) is 13.3 Å². The molecule has 2 amide bonds. The third-order valence-corrected chi connectivity index (χ3v) is 2.61. The molecule has 0 aliphatic heterocycles. The first kappa shape index (κ1) is 21.7. The van der Waals surface area contributed by atoms with Crippen LogP contribution in [0.1, 0.15) is 47.0 Å². The summed E-state index contributed by atoms with van der Waals surface area (Å²) in [6, 6.07) is 0. The summed E-state index contributed by atoms with van der Waals surface area (Å²) >= 11 is 0. The molecule has 0 radical (unpaired) electrons. The molecule has 136 valence electrons. The number of hydrogen-bond donors (Lipinski definition) is 2. The molecular weight excluding hydrogens is 300 g/mol. The van der Waals surface area contributed by atoms with Gasteiger partial charge in [-0.3, -0.25) is 4.79 Å². The number of ether oxygens (including phenoxy) is 3. The van der Waals surface area contributed by atoms with Crippen LogP contribution in [0.3, 0.4) is 0 Å². The van der Waals surface area contributed by atoms with Crippen LogP contribution in [0.4, 0.5) is 4.79 Å². The molecule has 0 heterocycles. The second-order valence-electron chi connectivity index (χ2n) is 6.11. The van der Waals surface area contributed by atoms with E-state index in [9.17, 15) is 9.59 Å². The van der Waals surface area contributed by atoms with E-state index in [0.717, 1.165) is 12.8 Å². The zero-order chi connectivity index (χ0) is 17.6. The largest absolute Gasteiger partial charge is 0.444 e. The maximum atomic E-state index is 11.3. The Bertz CT molecular complexity index is 329. The highest BCUT2D eigenvalue weighted by Crippen LogP contribution is 2.05. The third-order valence-electron chi connectivity index (χ3n) is 2.61. The normalized spacial score (nSPS) is 11.1. The number of nitrogens with one attached hydrogen (secondary N) is 2. The van der Waals surface area contributed by atoms with Gasteiger partial charge in [-0.05, 0) is 27.2 Å². The molecule has 0 aromatic carbocycles. The quantitative estimate of drug-likeness (QED) is 0.533. The summed E-state index contributed by atoms with van der Waals surface area (Å²) in [4.78, 5) is 22.7. The summed E-state index contributed by atoms with van der Waals surface area (Å²) in [5, 5.41) is 5.40. The first-order valence-electron chi connectivity index (χ1n) is 8.24. The smallest absolute Gasteiger partial charge is 0.407 e. The second kappa shape index (κ2) is 13.1. The highest BCUT2D eigenvalue weighted by Gasteiger charge is 2.15. The van der Waals surface area contributed by atoms with E-state index in [0.29, 0.717) is 45.9 Å². The molecule has 0 aromatic rings. The van der Waals surface area contributed by atoms with Crippen LogP contribution in [-0.4, -0.2) is 57.1 Å². The third kappa shape index (κ3) is 16.9. The van der Waals surface area contributed by atoms with Gasteiger partial charge in [0.15, 0.2) is 0 Å². The van der Waals surface area contributed by atoms with Gasteiger partial charge in [0.05, 0.1) is 26.4 Å². The molecule has 7 nitrogen and oxygen atoms in total. The lowest BCUT2D eigenvalue weighted by Crippen LogP contribution is -2.34. The molecule has 23 heavy (non-hydrogen) atoms. The van der Waals surface area contributed by atoms with Gasteiger partial charge in [-0.25, -0.2) is 4.79 Å². The summed E-state index contributed by atoms with van der Waals surface area (Å²) in [5.74, 6) is 0.0694. The molecule has 0 saturated heterocycles. The van der Waals surface area contributed by atoms with Crippen molar-refractivity contribution in [3.05, 3.63) is 0 Å². The number of carbonyl (C=O) groups excluding carboxylic acids is 2. The molecule has 2 N–H and O–H groups in total. The summed E-state index contributed by atoms with van der Waals surface area (Å²) in [6.45, 7) is 10.2. The van der Waals surface area contributed by atoms with Crippen LogP contribution in [0, 0.1) is 0 Å². The van der Waals surface area contributed by atoms with Crippen LogP contribution in [0.5, 0.6) is 0 Å². The Hall–Kier alpha value is -1.34. The maximum absolute atomic E-state index is 11.3. The summed E-state index contributed by atoms with van der Waals surface area (Å²) in [6.07, 6.45) is 2.06. The van der Waals surface area contributed by atoms with Gasteiger partial charge < -0.3 is 24.8 Å². The van der Waals surface area contributed by atoms with Crippen molar-refractivity contribution in [1.82, 2.24) is 10.6 Å². The molecule has 0 aromatic heterocycles. The minimum atomic E-state index is -0.495. The molecule has 0 rings (SSSR count). The van der Waals surface area contributed by atoms with Crippen LogP contribution in [0.15, 0.2) is 0 Å². The Labute approximate surface area is 139 Å². The van der Waals surface area contributed by atoms with Crippen molar-refractivity contribution in [3.63, 3.8) is 0 Å². The first-order valence-corrected chi connectivity index (χ1v) is 8.24. The van der Waals surface area contributed by atoms with Crippen LogP contribution in [-0.2, 0) is 19.0 Å². The molecule has 0 atom stereocenters. The van der Waals surface area contributed by atoms with Crippen LogP contribution < -0.4 is 10.6 Å². The van der Waals surface area contributed by atoms with Crippen LogP contribution >= 0.6 is 0 Å². The monoisotopic (exact) mass is 332 g/mol. The second-order valence-corrected chi connectivity index (χ2v) is 6.11. The Balaban J connectivity index is 3.28. The first-order chi connectivity index (χ1) is 10.8. The standard InChI is InChI=1S/C16H32N2O5/c1-5-6-7-14(19)17-8-10-21-12-13-22-11-9-18-15(20)23-16(2,3)4/h5-13H2,1-4H3,(H,17,19)(H,18,20). The van der Waals surface area contributed by atoms with E-state index >= 15 is 0 Å². The molecule has 7 heteroatoms. The van der Waals surface area contributed by atoms with E-state index in [2.05, 4.69) is 17.6 Å². The van der Waals surface area contributed by atoms with Gasteiger partial charge in [0.1, 0.15) is 5.60 Å². The van der Waals surface area contributed by atoms with Crippen molar-refractivity contribution in [2.45, 2.75) is 52.6 Å². The van der Waals surface area contributed by atoms with E-state index in [1.54, 1.807) is 0 Å². The Morgan fingerprint density at radius 1 is 0.913 bits per heavy atom. The van der Waals surface area contributed by atoms with Gasteiger partial charge in [0.25, 0.3) is 0 Å². The minimum absolute atomic E-state index is 0.0694. The van der Waals surface area contributed by atoms with Crippen molar-refractivity contribution in [2.24, 2.45) is 0 Å². The predicted octanol–water partition coefficient (Wildman–Crippen LogP) is 1.85. The predicted molar refractivity (Wildman–Crippen MR) is 88.4 cm³/mol. The van der Waals surface area contributed by atoms with E-state index in [1.165, 1.54) is 0 Å². The fourth-order valence-corrected chi connectivity index (χ4v) is 1.55. The van der Waals surface area contributed by atoms with Crippen molar-refractivity contribution in [2.75, 3.05) is 39.5 Å². The van der Waals surface area contributed by atoms with Crippen LogP contribution in [0.25, 0.3) is 0 Å². The minimum Gasteiger partial charge on any atom is -0.444 e. The highest BCUT2D eigenvalue weighted by molar-refractivity contribution is 5.75. The number of rotatable bonds is 12. The lowest BCUT2D eigenvalue weighted by Gasteiger charge is -2.19. The Morgan fingerprint density at radius 2 is 1.48 bits per heavy atom. The fraction of sp³-hybridized carbons (Fsp3) is 0.875. The molecule has 0 aliphatic rings. The number of carbonyl (C=O) groups is 2. The number of alkyl carbamates (subject to hydrolysis) is 1. The molecule has 0 aliphatic carbocycles. The van der Waals surface area contributed by atoms with E-state index in [4.69, 9.17) is 14.2 Å². The summed E-state index contributed by atoms with van der Waals surface area (Å²) < 4.78 is 15.7. The fourth-order valence-electron chi connectivity index (χ4n) is 1.55. The topological polar surface area (TPSA) is 85.9 Å². The molecular formula is C16H32N2O5. The molecule has 0 fully saturated rings. The molecule has 0 spiro atoms. The van der Waals surface area contributed by atoms with Gasteiger partial charge in [-0.15, -0.1) is 0 Å². The summed E-state index contributed by atoms with van der Waals surface area (Å²) in [7, 11) is 0. The summed E-state index contributed by atoms with van der Waals surface area (Å²) in [5.41, 5.74) is -0.495. The zero-order valence-electron chi connectivity index (χ0n) is 14.9. The number of unbranched alkanes of at least 4 members (excludes halogenated alkanes) is 1. The van der Waals surface area contributed by atoms with Crippen LogP contribution in [0.2, 0.25) is 0 Å². The van der Waals surface area contributed by atoms with Gasteiger partial charge in [-0.2, -0.15) is 0 Å². The SMILES string of the molecule is CCCCC(=O)NCCOCCOCCNC(=O)OC(C)(C)C. The van der Waals surface area contributed by atoms with Crippen molar-refractivity contribution in [3.8, 4) is 0 Å². The molecule has 0 bridgehead atoms. The van der Waals surface area contributed by atoms with Crippen molar-refractivity contribution in [1.29, 1.82) is 0 Å². The van der Waals surface area contributed by atoms with E-state index < -0.39 is 11.7 Å². The Morgan fingerprint density at radius 3 is 2.00 bits per heavy atom. The average Bonchev–Trinajstić information content (AvgIpc) is 2.45. The lowest BCUT2D eigenvalue weighted by molar-refractivity contribution is -0.121. The molecule has 0 unspecified atom stereocenters. The van der Waals surface area contributed by atoms with E-state index in [-0.39, 0.29) is 5.91 Å². The van der Waals surface area contributed by atoms with Crippen molar-refractivity contribution >= 4 is 12.0 Å².